The van der Waals surface area contributed by atoms with E-state index in [9.17, 15) is 14.0 Å². The second kappa shape index (κ2) is 13.5. The minimum atomic E-state index is -0.598. The molecule has 0 spiro atoms. The standard InChI is InChI=1S/C26H35FN2O4/c1-5-19(3)28-26(31)24(6-2)29(18-20-9-11-21(27)12-10-20)25(30)8-7-17-33-23-15-13-22(32-4)14-16-23/h9-16,19,24H,5-8,17-18H2,1-4H3,(H,28,31). The van der Waals surface area contributed by atoms with Crippen molar-refractivity contribution in [3.63, 3.8) is 0 Å². The predicted molar refractivity (Wildman–Crippen MR) is 127 cm³/mol. The summed E-state index contributed by atoms with van der Waals surface area (Å²) in [5.41, 5.74) is 0.772. The number of nitrogens with zero attached hydrogens (tertiary/aromatic N) is 1. The lowest BCUT2D eigenvalue weighted by Crippen LogP contribution is -2.50. The molecule has 0 heterocycles. The molecule has 2 aromatic carbocycles. The Hall–Kier alpha value is -3.09. The number of ether oxygens (including phenoxy) is 2. The third-order valence-corrected chi connectivity index (χ3v) is 5.52. The van der Waals surface area contributed by atoms with Gasteiger partial charge in [0.05, 0.1) is 13.7 Å². The van der Waals surface area contributed by atoms with Gasteiger partial charge in [-0.25, -0.2) is 4.39 Å². The van der Waals surface area contributed by atoms with Crippen LogP contribution in [0.4, 0.5) is 4.39 Å². The summed E-state index contributed by atoms with van der Waals surface area (Å²) in [5, 5.41) is 2.98. The Bertz CT molecular complexity index is 871. The summed E-state index contributed by atoms with van der Waals surface area (Å²) in [6, 6.07) is 12.7. The maximum atomic E-state index is 13.3. The number of carbonyl (C=O) groups is 2. The molecule has 0 bridgehead atoms. The Kier molecular flexibility index (Phi) is 10.7. The number of halogens is 1. The van der Waals surface area contributed by atoms with E-state index in [-0.39, 0.29) is 36.6 Å². The van der Waals surface area contributed by atoms with E-state index in [1.165, 1.54) is 12.1 Å². The maximum Gasteiger partial charge on any atom is 0.243 e. The molecule has 0 aliphatic rings. The van der Waals surface area contributed by atoms with Gasteiger partial charge in [-0.15, -0.1) is 0 Å². The van der Waals surface area contributed by atoms with Crippen molar-refractivity contribution < 1.29 is 23.5 Å². The smallest absolute Gasteiger partial charge is 0.243 e. The third-order valence-electron chi connectivity index (χ3n) is 5.52. The van der Waals surface area contributed by atoms with Crippen LogP contribution in [-0.2, 0) is 16.1 Å². The van der Waals surface area contributed by atoms with Crippen LogP contribution in [0.3, 0.4) is 0 Å². The molecular formula is C26H35FN2O4. The summed E-state index contributed by atoms with van der Waals surface area (Å²) in [6.45, 7) is 6.44. The molecule has 0 saturated heterocycles. The van der Waals surface area contributed by atoms with E-state index in [1.807, 2.05) is 45.0 Å². The van der Waals surface area contributed by atoms with Gasteiger partial charge in [0.15, 0.2) is 0 Å². The quantitative estimate of drug-likeness (QED) is 0.441. The Morgan fingerprint density at radius 1 is 1.00 bits per heavy atom. The van der Waals surface area contributed by atoms with Gasteiger partial charge in [0.2, 0.25) is 11.8 Å². The minimum absolute atomic E-state index is 0.0206. The van der Waals surface area contributed by atoms with Gasteiger partial charge in [-0.05, 0) is 68.1 Å². The number of hydrogen-bond acceptors (Lipinski definition) is 4. The SMILES string of the molecule is CCC(C)NC(=O)C(CC)N(Cc1ccc(F)cc1)C(=O)CCCOc1ccc(OC)cc1. The van der Waals surface area contributed by atoms with Crippen molar-refractivity contribution in [2.45, 2.75) is 65.1 Å². The fourth-order valence-electron chi connectivity index (χ4n) is 3.38. The summed E-state index contributed by atoms with van der Waals surface area (Å²) in [5.74, 6) is 0.801. The molecule has 0 aliphatic heterocycles. The molecule has 180 valence electrons. The first-order chi connectivity index (χ1) is 15.9. The molecule has 0 aromatic heterocycles. The second-order valence-electron chi connectivity index (χ2n) is 8.02. The van der Waals surface area contributed by atoms with E-state index < -0.39 is 6.04 Å². The number of hydrogen-bond donors (Lipinski definition) is 1. The van der Waals surface area contributed by atoms with Crippen LogP contribution in [-0.4, -0.2) is 42.5 Å². The monoisotopic (exact) mass is 458 g/mol. The van der Waals surface area contributed by atoms with E-state index in [0.717, 1.165) is 17.7 Å². The van der Waals surface area contributed by atoms with E-state index in [2.05, 4.69) is 5.32 Å². The molecule has 0 saturated carbocycles. The largest absolute Gasteiger partial charge is 0.497 e. The molecule has 0 fully saturated rings. The van der Waals surface area contributed by atoms with Crippen LogP contribution in [0.1, 0.15) is 52.0 Å². The fraction of sp³-hybridized carbons (Fsp3) is 0.462. The first-order valence-electron chi connectivity index (χ1n) is 11.5. The van der Waals surface area contributed by atoms with Gasteiger partial charge in [0.25, 0.3) is 0 Å². The lowest BCUT2D eigenvalue weighted by Gasteiger charge is -2.31. The summed E-state index contributed by atoms with van der Waals surface area (Å²) < 4.78 is 24.2. The topological polar surface area (TPSA) is 67.9 Å². The molecule has 0 radical (unpaired) electrons. The van der Waals surface area contributed by atoms with Crippen LogP contribution in [0, 0.1) is 5.82 Å². The highest BCUT2D eigenvalue weighted by molar-refractivity contribution is 5.87. The normalized spacial score (nSPS) is 12.5. The highest BCUT2D eigenvalue weighted by atomic mass is 19.1. The number of carbonyl (C=O) groups excluding carboxylic acids is 2. The van der Waals surface area contributed by atoms with Crippen LogP contribution in [0.15, 0.2) is 48.5 Å². The van der Waals surface area contributed by atoms with Gasteiger partial charge in [0.1, 0.15) is 23.4 Å². The molecule has 1 N–H and O–H groups in total. The Morgan fingerprint density at radius 2 is 1.64 bits per heavy atom. The first kappa shape index (κ1) is 26.2. The van der Waals surface area contributed by atoms with Gasteiger partial charge in [-0.3, -0.25) is 9.59 Å². The molecule has 2 unspecified atom stereocenters. The van der Waals surface area contributed by atoms with Gasteiger partial charge < -0.3 is 19.7 Å². The van der Waals surface area contributed by atoms with Crippen LogP contribution in [0.5, 0.6) is 11.5 Å². The van der Waals surface area contributed by atoms with E-state index in [1.54, 1.807) is 24.1 Å². The van der Waals surface area contributed by atoms with E-state index in [0.29, 0.717) is 25.2 Å². The van der Waals surface area contributed by atoms with Crippen molar-refractivity contribution in [3.8, 4) is 11.5 Å². The predicted octanol–water partition coefficient (Wildman–Crippen LogP) is 4.72. The van der Waals surface area contributed by atoms with Crippen LogP contribution in [0.25, 0.3) is 0 Å². The fourth-order valence-corrected chi connectivity index (χ4v) is 3.38. The van der Waals surface area contributed by atoms with E-state index >= 15 is 0 Å². The van der Waals surface area contributed by atoms with Crippen LogP contribution in [0.2, 0.25) is 0 Å². The highest BCUT2D eigenvalue weighted by Gasteiger charge is 2.28. The third kappa shape index (κ3) is 8.40. The molecular weight excluding hydrogens is 423 g/mol. The molecule has 33 heavy (non-hydrogen) atoms. The number of nitrogens with one attached hydrogen (secondary N) is 1. The lowest BCUT2D eigenvalue weighted by atomic mass is 10.1. The Morgan fingerprint density at radius 3 is 2.21 bits per heavy atom. The zero-order valence-electron chi connectivity index (χ0n) is 20.0. The zero-order chi connectivity index (χ0) is 24.2. The molecule has 0 aliphatic carbocycles. The molecule has 2 atom stereocenters. The van der Waals surface area contributed by atoms with Gasteiger partial charge in [0, 0.05) is 19.0 Å². The number of rotatable bonds is 13. The zero-order valence-corrected chi connectivity index (χ0v) is 20.0. The molecule has 2 aromatic rings. The average molecular weight is 459 g/mol. The average Bonchev–Trinajstić information content (AvgIpc) is 2.83. The summed E-state index contributed by atoms with van der Waals surface area (Å²) in [7, 11) is 1.60. The second-order valence-corrected chi connectivity index (χ2v) is 8.02. The first-order valence-corrected chi connectivity index (χ1v) is 11.5. The van der Waals surface area contributed by atoms with Crippen molar-refractivity contribution in [3.05, 3.63) is 59.9 Å². The lowest BCUT2D eigenvalue weighted by molar-refractivity contribution is -0.141. The minimum Gasteiger partial charge on any atom is -0.497 e. The van der Waals surface area contributed by atoms with Crippen molar-refractivity contribution in [2.75, 3.05) is 13.7 Å². The van der Waals surface area contributed by atoms with Crippen molar-refractivity contribution in [2.24, 2.45) is 0 Å². The summed E-state index contributed by atoms with van der Waals surface area (Å²) in [6.07, 6.45) is 2.03. The van der Waals surface area contributed by atoms with Crippen LogP contribution < -0.4 is 14.8 Å². The van der Waals surface area contributed by atoms with Crippen molar-refractivity contribution in [1.29, 1.82) is 0 Å². The highest BCUT2D eigenvalue weighted by Crippen LogP contribution is 2.18. The Labute approximate surface area is 196 Å². The number of amides is 2. The van der Waals surface area contributed by atoms with Crippen molar-refractivity contribution in [1.82, 2.24) is 10.2 Å². The molecule has 6 nitrogen and oxygen atoms in total. The van der Waals surface area contributed by atoms with Gasteiger partial charge in [-0.1, -0.05) is 26.0 Å². The summed E-state index contributed by atoms with van der Waals surface area (Å²) in [4.78, 5) is 27.7. The maximum absolute atomic E-state index is 13.3. The number of methoxy groups -OCH3 is 1. The van der Waals surface area contributed by atoms with Gasteiger partial charge in [-0.2, -0.15) is 0 Å². The summed E-state index contributed by atoms with van der Waals surface area (Å²) >= 11 is 0. The number of benzene rings is 2. The van der Waals surface area contributed by atoms with Crippen molar-refractivity contribution >= 4 is 11.8 Å². The van der Waals surface area contributed by atoms with E-state index in [4.69, 9.17) is 9.47 Å². The molecule has 2 rings (SSSR count). The molecule has 7 heteroatoms. The Balaban J connectivity index is 2.04. The molecule has 2 amide bonds. The van der Waals surface area contributed by atoms with Crippen LogP contribution >= 0.6 is 0 Å². The van der Waals surface area contributed by atoms with Gasteiger partial charge >= 0.3 is 0 Å².